The van der Waals surface area contributed by atoms with Crippen molar-refractivity contribution < 1.29 is 9.53 Å². The van der Waals surface area contributed by atoms with Crippen LogP contribution in [0, 0.1) is 0 Å². The highest BCUT2D eigenvalue weighted by Crippen LogP contribution is 2.25. The molecule has 1 unspecified atom stereocenters. The van der Waals surface area contributed by atoms with Gasteiger partial charge in [-0.1, -0.05) is 12.1 Å². The number of ether oxygens (including phenoxy) is 1. The first kappa shape index (κ1) is 15.9. The number of pyridine rings is 2. The van der Waals surface area contributed by atoms with E-state index < -0.39 is 0 Å². The Hall–Kier alpha value is -2.95. The van der Waals surface area contributed by atoms with Crippen molar-refractivity contribution in [3.05, 3.63) is 60.6 Å². The van der Waals surface area contributed by atoms with Crippen molar-refractivity contribution in [1.29, 1.82) is 0 Å². The van der Waals surface area contributed by atoms with Crippen LogP contribution in [0.3, 0.4) is 0 Å². The standard InChI is InChI=1S/C19H19N3O2/c1-3-24-19(23)13(2)14-4-6-16(7-5-14)22-18-17-12-20-10-8-15(17)9-11-21-18/h4-13H,3H2,1-2H3,(H,21,22). The van der Waals surface area contributed by atoms with Crippen molar-refractivity contribution in [3.8, 4) is 0 Å². The fourth-order valence-corrected chi connectivity index (χ4v) is 2.50. The first-order valence-electron chi connectivity index (χ1n) is 7.91. The molecule has 5 heteroatoms. The zero-order chi connectivity index (χ0) is 16.9. The molecule has 24 heavy (non-hydrogen) atoms. The molecule has 3 rings (SSSR count). The predicted molar refractivity (Wildman–Crippen MR) is 94.3 cm³/mol. The molecule has 2 heterocycles. The van der Waals surface area contributed by atoms with Crippen LogP contribution in [0.15, 0.2) is 55.0 Å². The maximum Gasteiger partial charge on any atom is 0.313 e. The van der Waals surface area contributed by atoms with Crippen LogP contribution in [-0.4, -0.2) is 22.5 Å². The molecule has 0 fully saturated rings. The minimum atomic E-state index is -0.279. The summed E-state index contributed by atoms with van der Waals surface area (Å²) in [6, 6.07) is 11.6. The molecule has 0 saturated carbocycles. The zero-order valence-corrected chi connectivity index (χ0v) is 13.7. The highest BCUT2D eigenvalue weighted by Gasteiger charge is 2.16. The Labute approximate surface area is 140 Å². The monoisotopic (exact) mass is 321 g/mol. The van der Waals surface area contributed by atoms with Gasteiger partial charge in [0.05, 0.1) is 12.5 Å². The summed E-state index contributed by atoms with van der Waals surface area (Å²) in [5, 5.41) is 5.34. The summed E-state index contributed by atoms with van der Waals surface area (Å²) in [4.78, 5) is 20.4. The summed E-state index contributed by atoms with van der Waals surface area (Å²) in [6.45, 7) is 4.05. The van der Waals surface area contributed by atoms with Crippen LogP contribution in [0.25, 0.3) is 10.8 Å². The minimum Gasteiger partial charge on any atom is -0.466 e. The van der Waals surface area contributed by atoms with Crippen LogP contribution in [0.5, 0.6) is 0 Å². The van der Waals surface area contributed by atoms with Gasteiger partial charge in [0.1, 0.15) is 5.82 Å². The molecule has 1 N–H and O–H groups in total. The van der Waals surface area contributed by atoms with Gasteiger partial charge in [0.25, 0.3) is 0 Å². The number of hydrogen-bond donors (Lipinski definition) is 1. The highest BCUT2D eigenvalue weighted by atomic mass is 16.5. The molecule has 0 radical (unpaired) electrons. The Morgan fingerprint density at radius 1 is 1.17 bits per heavy atom. The number of hydrogen-bond acceptors (Lipinski definition) is 5. The van der Waals surface area contributed by atoms with Gasteiger partial charge >= 0.3 is 5.97 Å². The number of benzene rings is 1. The van der Waals surface area contributed by atoms with Gasteiger partial charge in [-0.3, -0.25) is 9.78 Å². The summed E-state index contributed by atoms with van der Waals surface area (Å²) in [6.07, 6.45) is 5.32. The quantitative estimate of drug-likeness (QED) is 0.719. The second kappa shape index (κ2) is 7.08. The number of nitrogens with one attached hydrogen (secondary N) is 1. The van der Waals surface area contributed by atoms with Crippen LogP contribution in [0.1, 0.15) is 25.3 Å². The Balaban J connectivity index is 1.80. The van der Waals surface area contributed by atoms with Gasteiger partial charge in [0.15, 0.2) is 0 Å². The van der Waals surface area contributed by atoms with Gasteiger partial charge in [-0.15, -0.1) is 0 Å². The van der Waals surface area contributed by atoms with Gasteiger partial charge < -0.3 is 10.1 Å². The van der Waals surface area contributed by atoms with Gasteiger partial charge in [0.2, 0.25) is 0 Å². The molecule has 3 aromatic rings. The van der Waals surface area contributed by atoms with Crippen molar-refractivity contribution in [3.63, 3.8) is 0 Å². The Morgan fingerprint density at radius 2 is 1.92 bits per heavy atom. The SMILES string of the molecule is CCOC(=O)C(C)c1ccc(Nc2nccc3ccncc23)cc1. The van der Waals surface area contributed by atoms with E-state index >= 15 is 0 Å². The lowest BCUT2D eigenvalue weighted by molar-refractivity contribution is -0.144. The first-order chi connectivity index (χ1) is 11.7. The second-order valence-corrected chi connectivity index (χ2v) is 5.48. The Kier molecular flexibility index (Phi) is 4.70. The Bertz CT molecular complexity index is 841. The number of aromatic nitrogens is 2. The van der Waals surface area contributed by atoms with Gasteiger partial charge in [0, 0.05) is 29.7 Å². The fraction of sp³-hybridized carbons (Fsp3) is 0.211. The molecule has 0 saturated heterocycles. The lowest BCUT2D eigenvalue weighted by Gasteiger charge is -2.12. The predicted octanol–water partition coefficient (Wildman–Crippen LogP) is 4.04. The van der Waals surface area contributed by atoms with Crippen molar-refractivity contribution >= 4 is 28.2 Å². The third-order valence-corrected chi connectivity index (χ3v) is 3.88. The molecule has 0 spiro atoms. The maximum absolute atomic E-state index is 11.8. The summed E-state index contributed by atoms with van der Waals surface area (Å²) >= 11 is 0. The number of esters is 1. The van der Waals surface area contributed by atoms with Crippen LogP contribution in [0.4, 0.5) is 11.5 Å². The van der Waals surface area contributed by atoms with E-state index in [0.29, 0.717) is 6.61 Å². The summed E-state index contributed by atoms with van der Waals surface area (Å²) in [7, 11) is 0. The summed E-state index contributed by atoms with van der Waals surface area (Å²) < 4.78 is 5.06. The molecule has 0 aliphatic rings. The van der Waals surface area contributed by atoms with Crippen LogP contribution < -0.4 is 5.32 Å². The Morgan fingerprint density at radius 3 is 2.67 bits per heavy atom. The molecule has 0 amide bonds. The van der Waals surface area contributed by atoms with Gasteiger partial charge in [-0.05, 0) is 49.1 Å². The molecule has 0 aliphatic heterocycles. The van der Waals surface area contributed by atoms with E-state index in [1.807, 2.05) is 50.2 Å². The van der Waals surface area contributed by atoms with Crippen LogP contribution in [-0.2, 0) is 9.53 Å². The smallest absolute Gasteiger partial charge is 0.313 e. The fourth-order valence-electron chi connectivity index (χ4n) is 2.50. The number of nitrogens with zero attached hydrogens (tertiary/aromatic N) is 2. The molecule has 5 nitrogen and oxygen atoms in total. The van der Waals surface area contributed by atoms with E-state index in [9.17, 15) is 4.79 Å². The van der Waals surface area contributed by atoms with Crippen molar-refractivity contribution in [1.82, 2.24) is 9.97 Å². The number of rotatable bonds is 5. The maximum atomic E-state index is 11.8. The summed E-state index contributed by atoms with van der Waals surface area (Å²) in [5.41, 5.74) is 1.82. The molecule has 2 aromatic heterocycles. The van der Waals surface area contributed by atoms with E-state index in [-0.39, 0.29) is 11.9 Å². The van der Waals surface area contributed by atoms with E-state index in [1.54, 1.807) is 18.6 Å². The molecular formula is C19H19N3O2. The lowest BCUT2D eigenvalue weighted by Crippen LogP contribution is -2.12. The average Bonchev–Trinajstić information content (AvgIpc) is 2.62. The third kappa shape index (κ3) is 3.35. The molecule has 1 atom stereocenters. The highest BCUT2D eigenvalue weighted by molar-refractivity contribution is 5.92. The topological polar surface area (TPSA) is 64.1 Å². The zero-order valence-electron chi connectivity index (χ0n) is 13.7. The minimum absolute atomic E-state index is 0.208. The van der Waals surface area contributed by atoms with E-state index in [2.05, 4.69) is 15.3 Å². The van der Waals surface area contributed by atoms with Crippen LogP contribution >= 0.6 is 0 Å². The molecule has 122 valence electrons. The van der Waals surface area contributed by atoms with Crippen molar-refractivity contribution in [2.24, 2.45) is 0 Å². The number of carbonyl (C=O) groups is 1. The third-order valence-electron chi connectivity index (χ3n) is 3.88. The lowest BCUT2D eigenvalue weighted by atomic mass is 10.0. The van der Waals surface area contributed by atoms with Gasteiger partial charge in [-0.25, -0.2) is 4.98 Å². The molecule has 0 aliphatic carbocycles. The molecule has 1 aromatic carbocycles. The summed E-state index contributed by atoms with van der Waals surface area (Å²) in [5.74, 6) is 0.269. The average molecular weight is 321 g/mol. The number of carbonyl (C=O) groups excluding carboxylic acids is 1. The molecule has 0 bridgehead atoms. The van der Waals surface area contributed by atoms with E-state index in [1.165, 1.54) is 0 Å². The van der Waals surface area contributed by atoms with E-state index in [0.717, 1.165) is 27.8 Å². The second-order valence-electron chi connectivity index (χ2n) is 5.48. The van der Waals surface area contributed by atoms with Gasteiger partial charge in [-0.2, -0.15) is 0 Å². The van der Waals surface area contributed by atoms with Crippen LogP contribution in [0.2, 0.25) is 0 Å². The number of fused-ring (bicyclic) bond motifs is 1. The largest absolute Gasteiger partial charge is 0.466 e. The normalized spacial score (nSPS) is 11.9. The van der Waals surface area contributed by atoms with Crippen molar-refractivity contribution in [2.45, 2.75) is 19.8 Å². The number of anilines is 2. The first-order valence-corrected chi connectivity index (χ1v) is 7.91. The van der Waals surface area contributed by atoms with Crippen molar-refractivity contribution in [2.75, 3.05) is 11.9 Å². The molecular weight excluding hydrogens is 302 g/mol. The van der Waals surface area contributed by atoms with E-state index in [4.69, 9.17) is 4.74 Å².